The van der Waals surface area contributed by atoms with E-state index in [1.54, 1.807) is 0 Å². The Bertz CT molecular complexity index is 369. The molecule has 1 aromatic rings. The van der Waals surface area contributed by atoms with Gasteiger partial charge >= 0.3 is 0 Å². The summed E-state index contributed by atoms with van der Waals surface area (Å²) in [6.07, 6.45) is 6.63. The van der Waals surface area contributed by atoms with E-state index in [1.807, 2.05) is 12.3 Å². The van der Waals surface area contributed by atoms with Gasteiger partial charge in [-0.1, -0.05) is 19.4 Å². The quantitative estimate of drug-likeness (QED) is 0.586. The Morgan fingerprint density at radius 1 is 1.47 bits per heavy atom. The minimum Gasteiger partial charge on any atom is -0.379 e. The van der Waals surface area contributed by atoms with Crippen molar-refractivity contribution >= 4 is 15.9 Å². The first-order valence-corrected chi connectivity index (χ1v) is 7.89. The molecule has 1 saturated heterocycles. The average Bonchev–Trinajstić information content (AvgIpc) is 2.45. The molecule has 3 nitrogen and oxygen atoms in total. The molecule has 106 valence electrons. The van der Waals surface area contributed by atoms with Crippen molar-refractivity contribution in [3.63, 3.8) is 0 Å². The maximum absolute atomic E-state index is 5.78. The zero-order chi connectivity index (χ0) is 13.5. The molecule has 2 unspecified atom stereocenters. The van der Waals surface area contributed by atoms with Crippen LogP contribution < -0.4 is 0 Å². The Morgan fingerprint density at radius 2 is 2.37 bits per heavy atom. The number of hydrogen-bond donors (Lipinski definition) is 0. The van der Waals surface area contributed by atoms with Crippen LogP contribution in [0.25, 0.3) is 0 Å². The SMILES string of the molecule is CCCCOCC1CC(c2ccc(Br)nc2)CCO1. The number of nitrogens with zero attached hydrogens (tertiary/aromatic N) is 1. The normalized spacial score (nSPS) is 23.5. The average molecular weight is 328 g/mol. The number of unbranched alkanes of at least 4 members (excludes halogenated alkanes) is 1. The number of rotatable bonds is 6. The summed E-state index contributed by atoms with van der Waals surface area (Å²) in [5.74, 6) is 0.550. The maximum atomic E-state index is 5.78. The Kier molecular flexibility index (Phi) is 6.28. The number of pyridine rings is 1. The predicted octanol–water partition coefficient (Wildman–Crippen LogP) is 3.92. The fourth-order valence-corrected chi connectivity index (χ4v) is 2.62. The van der Waals surface area contributed by atoms with E-state index in [1.165, 1.54) is 12.0 Å². The van der Waals surface area contributed by atoms with Gasteiger partial charge < -0.3 is 9.47 Å². The molecule has 2 heterocycles. The van der Waals surface area contributed by atoms with Gasteiger partial charge in [0.25, 0.3) is 0 Å². The first kappa shape index (κ1) is 14.9. The highest BCUT2D eigenvalue weighted by molar-refractivity contribution is 9.10. The molecular formula is C15H22BrNO2. The van der Waals surface area contributed by atoms with Crippen LogP contribution in [0.5, 0.6) is 0 Å². The van der Waals surface area contributed by atoms with Crippen LogP contribution in [0.4, 0.5) is 0 Å². The predicted molar refractivity (Wildman–Crippen MR) is 79.4 cm³/mol. The second-order valence-corrected chi connectivity index (χ2v) is 5.87. The van der Waals surface area contributed by atoms with Crippen molar-refractivity contribution in [3.05, 3.63) is 28.5 Å². The molecule has 0 N–H and O–H groups in total. The molecule has 0 amide bonds. The van der Waals surface area contributed by atoms with Crippen molar-refractivity contribution in [1.29, 1.82) is 0 Å². The van der Waals surface area contributed by atoms with Gasteiger partial charge in [-0.15, -0.1) is 0 Å². The first-order chi connectivity index (χ1) is 9.29. The van der Waals surface area contributed by atoms with Crippen LogP contribution in [0, 0.1) is 0 Å². The van der Waals surface area contributed by atoms with Gasteiger partial charge in [0.2, 0.25) is 0 Å². The Hall–Kier alpha value is -0.450. The summed E-state index contributed by atoms with van der Waals surface area (Å²) in [7, 11) is 0. The van der Waals surface area contributed by atoms with Gasteiger partial charge in [0.15, 0.2) is 0 Å². The van der Waals surface area contributed by atoms with E-state index in [4.69, 9.17) is 9.47 Å². The van der Waals surface area contributed by atoms with Crippen LogP contribution in [0.1, 0.15) is 44.1 Å². The van der Waals surface area contributed by atoms with Crippen molar-refractivity contribution in [1.82, 2.24) is 4.98 Å². The zero-order valence-electron chi connectivity index (χ0n) is 11.5. The van der Waals surface area contributed by atoms with Crippen molar-refractivity contribution in [2.24, 2.45) is 0 Å². The molecule has 4 heteroatoms. The first-order valence-electron chi connectivity index (χ1n) is 7.10. The number of halogens is 1. The molecule has 0 aliphatic carbocycles. The van der Waals surface area contributed by atoms with E-state index >= 15 is 0 Å². The Labute approximate surface area is 123 Å². The van der Waals surface area contributed by atoms with Crippen molar-refractivity contribution in [2.45, 2.75) is 44.6 Å². The number of hydrogen-bond acceptors (Lipinski definition) is 3. The number of ether oxygens (including phenoxy) is 2. The Morgan fingerprint density at radius 3 is 3.11 bits per heavy atom. The minimum absolute atomic E-state index is 0.235. The van der Waals surface area contributed by atoms with Gasteiger partial charge in [-0.2, -0.15) is 0 Å². The van der Waals surface area contributed by atoms with Crippen LogP contribution in [0.2, 0.25) is 0 Å². The highest BCUT2D eigenvalue weighted by atomic mass is 79.9. The van der Waals surface area contributed by atoms with E-state index in [0.29, 0.717) is 5.92 Å². The molecular weight excluding hydrogens is 306 g/mol. The summed E-state index contributed by atoms with van der Waals surface area (Å²) in [6.45, 7) is 4.57. The van der Waals surface area contributed by atoms with Crippen LogP contribution in [-0.4, -0.2) is 30.9 Å². The molecule has 0 saturated carbocycles. The smallest absolute Gasteiger partial charge is 0.106 e. The fourth-order valence-electron chi connectivity index (χ4n) is 2.39. The lowest BCUT2D eigenvalue weighted by Gasteiger charge is -2.29. The molecule has 2 atom stereocenters. The van der Waals surface area contributed by atoms with Gasteiger partial charge in [-0.25, -0.2) is 4.98 Å². The van der Waals surface area contributed by atoms with Gasteiger partial charge in [0.05, 0.1) is 12.7 Å². The molecule has 1 aromatic heterocycles. The van der Waals surface area contributed by atoms with Crippen molar-refractivity contribution in [3.8, 4) is 0 Å². The topological polar surface area (TPSA) is 31.4 Å². The maximum Gasteiger partial charge on any atom is 0.106 e. The molecule has 0 aromatic carbocycles. The molecule has 0 spiro atoms. The lowest BCUT2D eigenvalue weighted by atomic mass is 9.90. The van der Waals surface area contributed by atoms with Gasteiger partial charge in [0.1, 0.15) is 4.60 Å². The molecule has 1 aliphatic rings. The summed E-state index contributed by atoms with van der Waals surface area (Å²) in [5.41, 5.74) is 1.31. The summed E-state index contributed by atoms with van der Waals surface area (Å²) in [6, 6.07) is 4.17. The summed E-state index contributed by atoms with van der Waals surface area (Å²) in [4.78, 5) is 4.31. The van der Waals surface area contributed by atoms with E-state index in [-0.39, 0.29) is 6.10 Å². The van der Waals surface area contributed by atoms with Crippen LogP contribution >= 0.6 is 15.9 Å². The zero-order valence-corrected chi connectivity index (χ0v) is 13.1. The fraction of sp³-hybridized carbons (Fsp3) is 0.667. The highest BCUT2D eigenvalue weighted by Crippen LogP contribution is 2.30. The van der Waals surface area contributed by atoms with E-state index in [9.17, 15) is 0 Å². The van der Waals surface area contributed by atoms with Crippen LogP contribution in [0.15, 0.2) is 22.9 Å². The molecule has 0 bridgehead atoms. The van der Waals surface area contributed by atoms with E-state index in [2.05, 4.69) is 33.9 Å². The third-order valence-corrected chi connectivity index (χ3v) is 4.00. The van der Waals surface area contributed by atoms with Crippen molar-refractivity contribution < 1.29 is 9.47 Å². The standard InChI is InChI=1S/C15H22BrNO2/c1-2-3-7-18-11-14-9-12(6-8-19-14)13-4-5-15(16)17-10-13/h4-5,10,12,14H,2-3,6-9,11H2,1H3. The lowest BCUT2D eigenvalue weighted by molar-refractivity contribution is -0.0472. The largest absolute Gasteiger partial charge is 0.379 e. The van der Waals surface area contributed by atoms with Crippen LogP contribution in [0.3, 0.4) is 0 Å². The van der Waals surface area contributed by atoms with Gasteiger partial charge in [0, 0.05) is 19.4 Å². The van der Waals surface area contributed by atoms with Gasteiger partial charge in [-0.05, 0) is 52.7 Å². The summed E-state index contributed by atoms with van der Waals surface area (Å²) < 4.78 is 12.3. The third kappa shape index (κ3) is 4.86. The molecule has 19 heavy (non-hydrogen) atoms. The highest BCUT2D eigenvalue weighted by Gasteiger charge is 2.24. The lowest BCUT2D eigenvalue weighted by Crippen LogP contribution is -2.29. The molecule has 1 fully saturated rings. The van der Waals surface area contributed by atoms with E-state index < -0.39 is 0 Å². The van der Waals surface area contributed by atoms with E-state index in [0.717, 1.165) is 43.7 Å². The summed E-state index contributed by atoms with van der Waals surface area (Å²) >= 11 is 3.37. The minimum atomic E-state index is 0.235. The second kappa shape index (κ2) is 7.98. The summed E-state index contributed by atoms with van der Waals surface area (Å²) in [5, 5.41) is 0. The second-order valence-electron chi connectivity index (χ2n) is 5.06. The van der Waals surface area contributed by atoms with Crippen LogP contribution in [-0.2, 0) is 9.47 Å². The number of aromatic nitrogens is 1. The Balaban J connectivity index is 1.81. The van der Waals surface area contributed by atoms with Crippen molar-refractivity contribution in [2.75, 3.05) is 19.8 Å². The van der Waals surface area contributed by atoms with Gasteiger partial charge in [-0.3, -0.25) is 0 Å². The molecule has 0 radical (unpaired) electrons. The third-order valence-electron chi connectivity index (χ3n) is 3.53. The molecule has 1 aliphatic heterocycles. The monoisotopic (exact) mass is 327 g/mol. The molecule has 2 rings (SSSR count).